The van der Waals surface area contributed by atoms with E-state index in [0.717, 1.165) is 37.2 Å². The van der Waals surface area contributed by atoms with Gasteiger partial charge in [-0.1, -0.05) is 18.2 Å². The predicted octanol–water partition coefficient (Wildman–Crippen LogP) is 1.58. The van der Waals surface area contributed by atoms with Gasteiger partial charge in [0.2, 0.25) is 0 Å². The largest absolute Gasteiger partial charge is 0.317 e. The SMILES string of the molecule is O=C1C=CC(=O)N1c1ccccc1C1CCNCC1. The van der Waals surface area contributed by atoms with Crippen LogP contribution < -0.4 is 10.2 Å². The molecule has 0 bridgehead atoms. The third-order valence-corrected chi connectivity index (χ3v) is 3.77. The highest BCUT2D eigenvalue weighted by Crippen LogP contribution is 2.34. The Balaban J connectivity index is 1.97. The molecular formula is C15H16N2O2. The van der Waals surface area contributed by atoms with Gasteiger partial charge in [0.15, 0.2) is 0 Å². The molecule has 0 radical (unpaired) electrons. The zero-order valence-electron chi connectivity index (χ0n) is 10.6. The number of carbonyl (C=O) groups is 2. The molecule has 2 aliphatic rings. The van der Waals surface area contributed by atoms with E-state index in [9.17, 15) is 9.59 Å². The summed E-state index contributed by atoms with van der Waals surface area (Å²) < 4.78 is 0. The number of amides is 2. The lowest BCUT2D eigenvalue weighted by atomic mass is 9.89. The summed E-state index contributed by atoms with van der Waals surface area (Å²) in [5, 5.41) is 3.33. The van der Waals surface area contributed by atoms with E-state index in [0.29, 0.717) is 5.92 Å². The average molecular weight is 256 g/mol. The first-order valence-corrected chi connectivity index (χ1v) is 6.63. The van der Waals surface area contributed by atoms with E-state index >= 15 is 0 Å². The van der Waals surface area contributed by atoms with Crippen LogP contribution in [-0.4, -0.2) is 24.9 Å². The summed E-state index contributed by atoms with van der Waals surface area (Å²) in [5.74, 6) is -0.0728. The van der Waals surface area contributed by atoms with Crippen LogP contribution in [0.15, 0.2) is 36.4 Å². The van der Waals surface area contributed by atoms with Crippen LogP contribution in [0.1, 0.15) is 24.3 Å². The number of anilines is 1. The van der Waals surface area contributed by atoms with Gasteiger partial charge < -0.3 is 5.32 Å². The van der Waals surface area contributed by atoms with Gasteiger partial charge in [-0.05, 0) is 43.5 Å². The van der Waals surface area contributed by atoms with Gasteiger partial charge in [-0.25, -0.2) is 4.90 Å². The number of benzene rings is 1. The molecule has 1 N–H and O–H groups in total. The zero-order valence-corrected chi connectivity index (χ0v) is 10.6. The normalized spacial score (nSPS) is 20.3. The van der Waals surface area contributed by atoms with Gasteiger partial charge in [0.1, 0.15) is 0 Å². The maximum atomic E-state index is 11.8. The molecule has 0 aliphatic carbocycles. The lowest BCUT2D eigenvalue weighted by molar-refractivity contribution is -0.119. The molecule has 0 atom stereocenters. The fourth-order valence-corrected chi connectivity index (χ4v) is 2.81. The molecule has 0 spiro atoms. The van der Waals surface area contributed by atoms with Gasteiger partial charge in [-0.3, -0.25) is 9.59 Å². The Bertz CT molecular complexity index is 527. The van der Waals surface area contributed by atoms with Crippen molar-refractivity contribution < 1.29 is 9.59 Å². The lowest BCUT2D eigenvalue weighted by Crippen LogP contribution is -2.32. The van der Waals surface area contributed by atoms with Crippen molar-refractivity contribution in [1.29, 1.82) is 0 Å². The van der Waals surface area contributed by atoms with Gasteiger partial charge >= 0.3 is 0 Å². The van der Waals surface area contributed by atoms with Crippen LogP contribution in [0.3, 0.4) is 0 Å². The van der Waals surface area contributed by atoms with Crippen molar-refractivity contribution >= 4 is 17.5 Å². The minimum atomic E-state index is -0.244. The first kappa shape index (κ1) is 12.1. The number of nitrogens with one attached hydrogen (secondary N) is 1. The summed E-state index contributed by atoms with van der Waals surface area (Å²) >= 11 is 0. The maximum Gasteiger partial charge on any atom is 0.258 e. The van der Waals surface area contributed by atoms with Crippen molar-refractivity contribution in [1.82, 2.24) is 5.32 Å². The minimum Gasteiger partial charge on any atom is -0.317 e. The van der Waals surface area contributed by atoms with Crippen LogP contribution in [0.4, 0.5) is 5.69 Å². The van der Waals surface area contributed by atoms with Gasteiger partial charge in [-0.15, -0.1) is 0 Å². The van der Waals surface area contributed by atoms with Gasteiger partial charge in [0.05, 0.1) is 5.69 Å². The Labute approximate surface area is 112 Å². The number of imide groups is 1. The fourth-order valence-electron chi connectivity index (χ4n) is 2.81. The number of nitrogens with zero attached hydrogens (tertiary/aromatic N) is 1. The minimum absolute atomic E-state index is 0.244. The Morgan fingerprint density at radius 1 is 1.00 bits per heavy atom. The molecule has 2 heterocycles. The van der Waals surface area contributed by atoms with E-state index < -0.39 is 0 Å². The summed E-state index contributed by atoms with van der Waals surface area (Å²) in [7, 11) is 0. The molecule has 1 fully saturated rings. The molecule has 98 valence electrons. The van der Waals surface area contributed by atoms with Gasteiger partial charge in [0, 0.05) is 12.2 Å². The number of para-hydroxylation sites is 1. The van der Waals surface area contributed by atoms with Crippen molar-refractivity contribution in [2.75, 3.05) is 18.0 Å². The van der Waals surface area contributed by atoms with E-state index in [2.05, 4.69) is 5.32 Å². The molecule has 3 rings (SSSR count). The molecule has 2 amide bonds. The second-order valence-electron chi connectivity index (χ2n) is 4.93. The molecule has 4 heteroatoms. The summed E-state index contributed by atoms with van der Waals surface area (Å²) in [6, 6.07) is 7.74. The number of hydrogen-bond acceptors (Lipinski definition) is 3. The second kappa shape index (κ2) is 4.97. The quantitative estimate of drug-likeness (QED) is 0.817. The highest BCUT2D eigenvalue weighted by atomic mass is 16.2. The number of piperidine rings is 1. The fraction of sp³-hybridized carbons (Fsp3) is 0.333. The topological polar surface area (TPSA) is 49.4 Å². The van der Waals surface area contributed by atoms with Crippen molar-refractivity contribution in [2.24, 2.45) is 0 Å². The Morgan fingerprint density at radius 3 is 2.32 bits per heavy atom. The molecule has 19 heavy (non-hydrogen) atoms. The highest BCUT2D eigenvalue weighted by molar-refractivity contribution is 6.28. The van der Waals surface area contributed by atoms with E-state index in [1.54, 1.807) is 0 Å². The summed E-state index contributed by atoms with van der Waals surface area (Å²) in [6.07, 6.45) is 4.75. The maximum absolute atomic E-state index is 11.8. The van der Waals surface area contributed by atoms with Crippen LogP contribution in [0.5, 0.6) is 0 Å². The Hall–Kier alpha value is -1.94. The second-order valence-corrected chi connectivity index (χ2v) is 4.93. The molecule has 0 unspecified atom stereocenters. The first-order chi connectivity index (χ1) is 9.27. The van der Waals surface area contributed by atoms with Crippen LogP contribution in [0, 0.1) is 0 Å². The molecule has 4 nitrogen and oxygen atoms in total. The van der Waals surface area contributed by atoms with Crippen molar-refractivity contribution in [3.8, 4) is 0 Å². The summed E-state index contributed by atoms with van der Waals surface area (Å²) in [5.41, 5.74) is 1.85. The van der Waals surface area contributed by atoms with E-state index in [1.165, 1.54) is 17.1 Å². The van der Waals surface area contributed by atoms with Crippen LogP contribution >= 0.6 is 0 Å². The van der Waals surface area contributed by atoms with Crippen molar-refractivity contribution in [3.63, 3.8) is 0 Å². The summed E-state index contributed by atoms with van der Waals surface area (Å²) in [4.78, 5) is 24.9. The first-order valence-electron chi connectivity index (χ1n) is 6.63. The Kier molecular flexibility index (Phi) is 3.17. The number of rotatable bonds is 2. The smallest absolute Gasteiger partial charge is 0.258 e. The molecule has 0 saturated carbocycles. The van der Waals surface area contributed by atoms with Crippen LogP contribution in [0.25, 0.3) is 0 Å². The van der Waals surface area contributed by atoms with Gasteiger partial charge in [-0.2, -0.15) is 0 Å². The predicted molar refractivity (Wildman–Crippen MR) is 72.9 cm³/mol. The number of hydrogen-bond donors (Lipinski definition) is 1. The summed E-state index contributed by atoms with van der Waals surface area (Å²) in [6.45, 7) is 1.97. The van der Waals surface area contributed by atoms with Crippen LogP contribution in [-0.2, 0) is 9.59 Å². The van der Waals surface area contributed by atoms with E-state index in [-0.39, 0.29) is 11.8 Å². The molecule has 2 aliphatic heterocycles. The lowest BCUT2D eigenvalue weighted by Gasteiger charge is -2.27. The van der Waals surface area contributed by atoms with Crippen molar-refractivity contribution in [3.05, 3.63) is 42.0 Å². The van der Waals surface area contributed by atoms with E-state index in [1.807, 2.05) is 24.3 Å². The third-order valence-electron chi connectivity index (χ3n) is 3.77. The zero-order chi connectivity index (χ0) is 13.2. The van der Waals surface area contributed by atoms with Crippen molar-refractivity contribution in [2.45, 2.75) is 18.8 Å². The highest BCUT2D eigenvalue weighted by Gasteiger charge is 2.29. The third kappa shape index (κ3) is 2.19. The average Bonchev–Trinajstić information content (AvgIpc) is 2.79. The van der Waals surface area contributed by atoms with Crippen LogP contribution in [0.2, 0.25) is 0 Å². The monoisotopic (exact) mass is 256 g/mol. The molecule has 1 aromatic rings. The molecular weight excluding hydrogens is 240 g/mol. The molecule has 0 aromatic heterocycles. The molecule has 1 aromatic carbocycles. The van der Waals surface area contributed by atoms with E-state index in [4.69, 9.17) is 0 Å². The number of carbonyl (C=O) groups excluding carboxylic acids is 2. The Morgan fingerprint density at radius 2 is 1.63 bits per heavy atom. The molecule has 1 saturated heterocycles. The standard InChI is InChI=1S/C15H16N2O2/c18-14-5-6-15(19)17(14)13-4-2-1-3-12(13)11-7-9-16-10-8-11/h1-6,11,16H,7-10H2. The van der Waals surface area contributed by atoms with Gasteiger partial charge in [0.25, 0.3) is 11.8 Å².